The number of hydrogen-bond donors (Lipinski definition) is 3. The van der Waals surface area contributed by atoms with Gasteiger partial charge in [-0.1, -0.05) is 30.0 Å². The number of aliphatic hydroxyl groups is 1. The predicted octanol–water partition coefficient (Wildman–Crippen LogP) is 3.86. The number of aliphatic hydroxyl groups excluding tert-OH is 1. The van der Waals surface area contributed by atoms with Gasteiger partial charge in [0.05, 0.1) is 24.0 Å². The Kier molecular flexibility index (Phi) is 4.56. The molecular formula is C20H17N3O3S2. The summed E-state index contributed by atoms with van der Waals surface area (Å²) >= 11 is 3.16. The van der Waals surface area contributed by atoms with Crippen molar-refractivity contribution in [1.29, 1.82) is 0 Å². The molecule has 5 rings (SSSR count). The van der Waals surface area contributed by atoms with Gasteiger partial charge in [-0.25, -0.2) is 4.98 Å². The van der Waals surface area contributed by atoms with E-state index in [1.807, 2.05) is 18.2 Å². The summed E-state index contributed by atoms with van der Waals surface area (Å²) in [6, 6.07) is 14.0. The summed E-state index contributed by atoms with van der Waals surface area (Å²) in [5.41, 5.74) is 3.44. The molecule has 2 aliphatic heterocycles. The highest BCUT2D eigenvalue weighted by Gasteiger charge is 2.28. The van der Waals surface area contributed by atoms with Gasteiger partial charge in [0.2, 0.25) is 0 Å². The maximum Gasteiger partial charge on any atom is 0.271 e. The summed E-state index contributed by atoms with van der Waals surface area (Å²) in [7, 11) is 0. The van der Waals surface area contributed by atoms with Gasteiger partial charge in [-0.05, 0) is 30.7 Å². The molecule has 142 valence electrons. The van der Waals surface area contributed by atoms with Crippen molar-refractivity contribution < 1.29 is 14.6 Å². The first-order chi connectivity index (χ1) is 13.7. The van der Waals surface area contributed by atoms with Crippen LogP contribution in [-0.4, -0.2) is 34.9 Å². The standard InChI is InChI=1S/C20H17N3O3S2/c24-18(22-13-7-8-26-20(13)25)15-10-27-19(23-15)11-5-6-17-14(9-11)21-12-3-1-2-4-16(12)28-17/h1-6,9-10,13,20-21,25H,7-8H2,(H,22,24)/t13-,20?/m0/s1. The first kappa shape index (κ1) is 17.7. The second-order valence-corrected chi connectivity index (χ2v) is 8.54. The number of ether oxygens (including phenoxy) is 1. The normalized spacial score (nSPS) is 20.2. The zero-order valence-corrected chi connectivity index (χ0v) is 16.3. The Balaban J connectivity index is 1.36. The highest BCUT2D eigenvalue weighted by atomic mass is 32.2. The van der Waals surface area contributed by atoms with Gasteiger partial charge in [-0.15, -0.1) is 11.3 Å². The monoisotopic (exact) mass is 411 g/mol. The summed E-state index contributed by atoms with van der Waals surface area (Å²) in [6.45, 7) is 0.442. The van der Waals surface area contributed by atoms with Gasteiger partial charge in [-0.2, -0.15) is 0 Å². The van der Waals surface area contributed by atoms with Gasteiger partial charge in [0, 0.05) is 20.7 Å². The van der Waals surface area contributed by atoms with Gasteiger partial charge >= 0.3 is 0 Å². The second kappa shape index (κ2) is 7.21. The SMILES string of the molecule is O=C(N[C@H]1CCOC1O)c1csc(-c2ccc3c(c2)Nc2ccccc2S3)n1. The summed E-state index contributed by atoms with van der Waals surface area (Å²) in [6.07, 6.45) is -0.353. The van der Waals surface area contributed by atoms with Gasteiger partial charge in [-0.3, -0.25) is 4.79 Å². The third kappa shape index (κ3) is 3.29. The number of rotatable bonds is 3. The van der Waals surface area contributed by atoms with Crippen molar-refractivity contribution in [3.63, 3.8) is 0 Å². The number of fused-ring (bicyclic) bond motifs is 2. The van der Waals surface area contributed by atoms with Crippen molar-refractivity contribution in [2.45, 2.75) is 28.5 Å². The number of aromatic nitrogens is 1. The van der Waals surface area contributed by atoms with E-state index in [4.69, 9.17) is 4.74 Å². The molecule has 0 saturated carbocycles. The zero-order valence-electron chi connectivity index (χ0n) is 14.7. The Labute approximate surface area is 170 Å². The molecule has 3 heterocycles. The number of para-hydroxylation sites is 1. The molecular weight excluding hydrogens is 394 g/mol. The van der Waals surface area contributed by atoms with E-state index in [1.165, 1.54) is 16.2 Å². The van der Waals surface area contributed by atoms with Gasteiger partial charge in [0.1, 0.15) is 10.7 Å². The Morgan fingerprint density at radius 2 is 2.07 bits per heavy atom. The molecule has 0 aliphatic carbocycles. The minimum atomic E-state index is -0.950. The number of nitrogens with zero attached hydrogens (tertiary/aromatic N) is 1. The van der Waals surface area contributed by atoms with E-state index in [9.17, 15) is 9.90 Å². The van der Waals surface area contributed by atoms with E-state index >= 15 is 0 Å². The topological polar surface area (TPSA) is 83.5 Å². The molecule has 1 aromatic heterocycles. The van der Waals surface area contributed by atoms with Gasteiger partial charge in [0.15, 0.2) is 6.29 Å². The second-order valence-electron chi connectivity index (χ2n) is 6.60. The number of amides is 1. The van der Waals surface area contributed by atoms with Crippen LogP contribution in [0.4, 0.5) is 11.4 Å². The van der Waals surface area contributed by atoms with E-state index in [1.54, 1.807) is 17.1 Å². The van der Waals surface area contributed by atoms with E-state index < -0.39 is 6.29 Å². The fourth-order valence-corrected chi connectivity index (χ4v) is 5.01. The van der Waals surface area contributed by atoms with E-state index in [-0.39, 0.29) is 11.9 Å². The van der Waals surface area contributed by atoms with Crippen LogP contribution in [0.5, 0.6) is 0 Å². The third-order valence-corrected chi connectivity index (χ3v) is 6.76. The molecule has 0 spiro atoms. The Morgan fingerprint density at radius 1 is 1.21 bits per heavy atom. The van der Waals surface area contributed by atoms with Crippen LogP contribution in [0, 0.1) is 0 Å². The largest absolute Gasteiger partial charge is 0.366 e. The highest BCUT2D eigenvalue weighted by Crippen LogP contribution is 2.45. The maximum absolute atomic E-state index is 12.4. The van der Waals surface area contributed by atoms with Gasteiger partial charge in [0.25, 0.3) is 5.91 Å². The lowest BCUT2D eigenvalue weighted by atomic mass is 10.2. The lowest BCUT2D eigenvalue weighted by molar-refractivity contribution is -0.0704. The van der Waals surface area contributed by atoms with Crippen LogP contribution in [0.15, 0.2) is 57.6 Å². The maximum atomic E-state index is 12.4. The van der Waals surface area contributed by atoms with Crippen LogP contribution in [0.3, 0.4) is 0 Å². The van der Waals surface area contributed by atoms with Gasteiger partial charge < -0.3 is 20.5 Å². The molecule has 1 amide bonds. The number of carbonyl (C=O) groups excluding carboxylic acids is 1. The van der Waals surface area contributed by atoms with Crippen LogP contribution in [0.25, 0.3) is 10.6 Å². The van der Waals surface area contributed by atoms with Crippen LogP contribution in [0.2, 0.25) is 0 Å². The van der Waals surface area contributed by atoms with Crippen molar-refractivity contribution in [3.05, 3.63) is 53.5 Å². The fourth-order valence-electron chi connectivity index (χ4n) is 3.24. The van der Waals surface area contributed by atoms with E-state index in [0.717, 1.165) is 26.8 Å². The van der Waals surface area contributed by atoms with Crippen molar-refractivity contribution in [3.8, 4) is 10.6 Å². The van der Waals surface area contributed by atoms with Crippen LogP contribution >= 0.6 is 23.1 Å². The Bertz CT molecular complexity index is 1050. The van der Waals surface area contributed by atoms with Crippen LogP contribution in [0.1, 0.15) is 16.9 Å². The molecule has 28 heavy (non-hydrogen) atoms. The third-order valence-electron chi connectivity index (χ3n) is 4.72. The van der Waals surface area contributed by atoms with E-state index in [2.05, 4.69) is 39.9 Å². The lowest BCUT2D eigenvalue weighted by Crippen LogP contribution is -2.40. The van der Waals surface area contributed by atoms with Crippen molar-refractivity contribution in [2.24, 2.45) is 0 Å². The molecule has 3 N–H and O–H groups in total. The Morgan fingerprint density at radius 3 is 2.93 bits per heavy atom. The van der Waals surface area contributed by atoms with Crippen LogP contribution < -0.4 is 10.6 Å². The molecule has 0 radical (unpaired) electrons. The molecule has 2 atom stereocenters. The van der Waals surface area contributed by atoms with Crippen molar-refractivity contribution in [2.75, 3.05) is 11.9 Å². The summed E-state index contributed by atoms with van der Waals surface area (Å²) < 4.78 is 5.07. The summed E-state index contributed by atoms with van der Waals surface area (Å²) in [4.78, 5) is 19.3. The molecule has 0 bridgehead atoms. The average molecular weight is 412 g/mol. The first-order valence-corrected chi connectivity index (χ1v) is 10.6. The minimum Gasteiger partial charge on any atom is -0.366 e. The molecule has 3 aromatic rings. The number of carbonyl (C=O) groups is 1. The molecule has 2 aromatic carbocycles. The van der Waals surface area contributed by atoms with Crippen LogP contribution in [-0.2, 0) is 4.74 Å². The number of benzene rings is 2. The van der Waals surface area contributed by atoms with Crippen molar-refractivity contribution >= 4 is 40.4 Å². The average Bonchev–Trinajstić information content (AvgIpc) is 3.36. The zero-order chi connectivity index (χ0) is 19.1. The quantitative estimate of drug-likeness (QED) is 0.475. The highest BCUT2D eigenvalue weighted by molar-refractivity contribution is 7.99. The molecule has 2 aliphatic rings. The number of hydrogen-bond acceptors (Lipinski definition) is 7. The summed E-state index contributed by atoms with van der Waals surface area (Å²) in [5, 5.41) is 18.5. The Hall–Kier alpha value is -2.39. The molecule has 6 nitrogen and oxygen atoms in total. The molecule has 1 saturated heterocycles. The summed E-state index contributed by atoms with van der Waals surface area (Å²) in [5.74, 6) is -0.294. The molecule has 1 fully saturated rings. The minimum absolute atomic E-state index is 0.294. The fraction of sp³-hybridized carbons (Fsp3) is 0.200. The predicted molar refractivity (Wildman–Crippen MR) is 109 cm³/mol. The smallest absolute Gasteiger partial charge is 0.271 e. The van der Waals surface area contributed by atoms with Crippen molar-refractivity contribution in [1.82, 2.24) is 10.3 Å². The number of thiazole rings is 1. The molecule has 8 heteroatoms. The molecule has 1 unspecified atom stereocenters. The number of nitrogens with one attached hydrogen (secondary N) is 2. The lowest BCUT2D eigenvalue weighted by Gasteiger charge is -2.21. The number of anilines is 2. The first-order valence-electron chi connectivity index (χ1n) is 8.92. The van der Waals surface area contributed by atoms with E-state index in [0.29, 0.717) is 18.7 Å².